The Bertz CT molecular complexity index is 882. The molecule has 32 heavy (non-hydrogen) atoms. The molecule has 9 heteroatoms. The largest absolute Gasteiger partial charge is 0.508 e. The molecule has 4 N–H and O–H groups in total. The van der Waals surface area contributed by atoms with Crippen LogP contribution in [0.1, 0.15) is 24.2 Å². The summed E-state index contributed by atoms with van der Waals surface area (Å²) < 4.78 is 5.27. The minimum atomic E-state index is -0.696. The second-order valence-electron chi connectivity index (χ2n) is 7.81. The van der Waals surface area contributed by atoms with Crippen molar-refractivity contribution in [3.05, 3.63) is 57.6 Å². The third kappa shape index (κ3) is 6.73. The van der Waals surface area contributed by atoms with Crippen LogP contribution in [0.5, 0.6) is 5.75 Å². The van der Waals surface area contributed by atoms with Crippen molar-refractivity contribution in [2.24, 2.45) is 0 Å². The highest BCUT2D eigenvalue weighted by Gasteiger charge is 2.18. The van der Waals surface area contributed by atoms with Gasteiger partial charge < -0.3 is 30.5 Å². The van der Waals surface area contributed by atoms with Gasteiger partial charge in [0.25, 0.3) is 0 Å². The molecule has 1 saturated heterocycles. The molecule has 0 spiro atoms. The van der Waals surface area contributed by atoms with Crippen LogP contribution in [0.2, 0.25) is 10.0 Å². The number of hydrogen-bond acceptors (Lipinski definition) is 6. The smallest absolute Gasteiger partial charge is 0.242 e. The number of morpholine rings is 1. The third-order valence-electron chi connectivity index (χ3n) is 5.47. The maximum absolute atomic E-state index is 12.3. The molecule has 0 aliphatic carbocycles. The molecule has 1 heterocycles. The van der Waals surface area contributed by atoms with Crippen LogP contribution in [0.25, 0.3) is 0 Å². The summed E-state index contributed by atoms with van der Waals surface area (Å²) in [5.74, 6) is 0.147. The molecule has 2 aromatic rings. The van der Waals surface area contributed by atoms with Gasteiger partial charge in [0.15, 0.2) is 0 Å². The quantitative estimate of drug-likeness (QED) is 0.439. The van der Waals surface area contributed by atoms with Crippen LogP contribution < -0.4 is 10.6 Å². The number of phenols is 1. The molecule has 0 aromatic heterocycles. The van der Waals surface area contributed by atoms with Crippen LogP contribution >= 0.6 is 23.2 Å². The summed E-state index contributed by atoms with van der Waals surface area (Å²) >= 11 is 12.8. The molecular weight excluding hydrogens is 453 g/mol. The Morgan fingerprint density at radius 1 is 1.16 bits per heavy atom. The normalized spacial score (nSPS) is 15.9. The number of aromatic hydroxyl groups is 1. The van der Waals surface area contributed by atoms with Gasteiger partial charge in [-0.25, -0.2) is 0 Å². The van der Waals surface area contributed by atoms with E-state index in [1.54, 1.807) is 29.2 Å². The lowest BCUT2D eigenvalue weighted by molar-refractivity contribution is -0.133. The number of aliphatic hydroxyl groups excluding tert-OH is 1. The second-order valence-corrected chi connectivity index (χ2v) is 8.62. The van der Waals surface area contributed by atoms with Crippen molar-refractivity contribution in [3.8, 4) is 5.75 Å². The Balaban J connectivity index is 1.49. The molecule has 0 radical (unpaired) electrons. The monoisotopic (exact) mass is 481 g/mol. The molecule has 0 saturated carbocycles. The van der Waals surface area contributed by atoms with E-state index < -0.39 is 6.10 Å². The molecule has 1 fully saturated rings. The van der Waals surface area contributed by atoms with Gasteiger partial charge in [-0.05, 0) is 55.3 Å². The summed E-state index contributed by atoms with van der Waals surface area (Å²) in [7, 11) is 0. The number of nitrogens with zero attached hydrogens (tertiary/aromatic N) is 1. The van der Waals surface area contributed by atoms with Gasteiger partial charge in [-0.3, -0.25) is 4.79 Å². The molecule has 174 valence electrons. The molecule has 2 aromatic carbocycles. The van der Waals surface area contributed by atoms with Crippen LogP contribution in [0.15, 0.2) is 36.4 Å². The number of carbonyl (C=O) groups excluding carboxylic acids is 1. The van der Waals surface area contributed by atoms with Crippen molar-refractivity contribution in [2.45, 2.75) is 25.5 Å². The van der Waals surface area contributed by atoms with Crippen LogP contribution in [-0.2, 0) is 16.0 Å². The van der Waals surface area contributed by atoms with E-state index in [0.717, 1.165) is 11.1 Å². The number of carbonyl (C=O) groups is 1. The summed E-state index contributed by atoms with van der Waals surface area (Å²) in [4.78, 5) is 14.1. The van der Waals surface area contributed by atoms with E-state index in [1.807, 2.05) is 19.1 Å². The van der Waals surface area contributed by atoms with Gasteiger partial charge >= 0.3 is 0 Å². The van der Waals surface area contributed by atoms with Gasteiger partial charge in [-0.1, -0.05) is 35.3 Å². The minimum absolute atomic E-state index is 0.0186. The van der Waals surface area contributed by atoms with Gasteiger partial charge in [0.2, 0.25) is 5.91 Å². The number of amides is 1. The number of aliphatic hydroxyl groups is 1. The fraction of sp³-hybridized carbons (Fsp3) is 0.435. The highest BCUT2D eigenvalue weighted by Crippen LogP contribution is 2.32. The maximum atomic E-state index is 12.3. The first kappa shape index (κ1) is 24.6. The maximum Gasteiger partial charge on any atom is 0.242 e. The lowest BCUT2D eigenvalue weighted by Gasteiger charge is -2.27. The van der Waals surface area contributed by atoms with Gasteiger partial charge in [0, 0.05) is 19.1 Å². The first-order chi connectivity index (χ1) is 15.3. The zero-order valence-electron chi connectivity index (χ0n) is 18.0. The summed E-state index contributed by atoms with van der Waals surface area (Å²) in [6, 6.07) is 9.99. The van der Waals surface area contributed by atoms with Crippen molar-refractivity contribution in [2.75, 3.05) is 44.7 Å². The highest BCUT2D eigenvalue weighted by atomic mass is 35.5. The van der Waals surface area contributed by atoms with E-state index in [4.69, 9.17) is 27.9 Å². The lowest BCUT2D eigenvalue weighted by atomic mass is 10.0. The van der Waals surface area contributed by atoms with Gasteiger partial charge in [0.1, 0.15) is 5.75 Å². The van der Waals surface area contributed by atoms with Gasteiger partial charge in [-0.15, -0.1) is 0 Å². The van der Waals surface area contributed by atoms with Gasteiger partial charge in [-0.2, -0.15) is 0 Å². The predicted molar refractivity (Wildman–Crippen MR) is 127 cm³/mol. The van der Waals surface area contributed by atoms with E-state index in [-0.39, 0.29) is 24.2 Å². The number of benzene rings is 2. The van der Waals surface area contributed by atoms with E-state index in [0.29, 0.717) is 55.0 Å². The number of phenolic OH excluding ortho intramolecular Hbond substituents is 1. The Morgan fingerprint density at radius 2 is 1.78 bits per heavy atom. The molecule has 3 rings (SSSR count). The van der Waals surface area contributed by atoms with E-state index in [1.165, 1.54) is 0 Å². The van der Waals surface area contributed by atoms with Crippen molar-refractivity contribution in [1.82, 2.24) is 10.2 Å². The molecule has 0 unspecified atom stereocenters. The molecule has 7 nitrogen and oxygen atoms in total. The third-order valence-corrected chi connectivity index (χ3v) is 6.07. The molecule has 0 bridgehead atoms. The Hall–Kier alpha value is -2.03. The molecule has 1 aliphatic rings. The van der Waals surface area contributed by atoms with E-state index >= 15 is 0 Å². The topological polar surface area (TPSA) is 94.1 Å². The standard InChI is InChI=1S/C23H29Cl2N3O4/c1-15(23(31)17-2-4-18(29)5-3-17)26-7-6-16-12-19(24)22(20(25)13-16)27-14-21(30)28-8-10-32-11-9-28/h2-5,12-13,15,23,26-27,29,31H,6-11,14H2,1H3/t15-,23+/m0/s1. The predicted octanol–water partition coefficient (Wildman–Crippen LogP) is 3.22. The summed E-state index contributed by atoms with van der Waals surface area (Å²) in [5, 5.41) is 27.1. The van der Waals surface area contributed by atoms with Crippen LogP contribution in [0.3, 0.4) is 0 Å². The fourth-order valence-corrected chi connectivity index (χ4v) is 4.21. The zero-order chi connectivity index (χ0) is 23.1. The summed E-state index contributed by atoms with van der Waals surface area (Å²) in [6.45, 7) is 4.93. The summed E-state index contributed by atoms with van der Waals surface area (Å²) in [6.07, 6.45) is -0.0302. The molecule has 1 aliphatic heterocycles. The number of halogens is 2. The van der Waals surface area contributed by atoms with Crippen LogP contribution in [0, 0.1) is 0 Å². The van der Waals surface area contributed by atoms with Crippen molar-refractivity contribution in [1.29, 1.82) is 0 Å². The average molecular weight is 482 g/mol. The SMILES string of the molecule is C[C@H](NCCc1cc(Cl)c(NCC(=O)N2CCOCC2)c(Cl)c1)[C@@H](O)c1ccc(O)cc1. The van der Waals surface area contributed by atoms with Crippen LogP contribution in [0.4, 0.5) is 5.69 Å². The zero-order valence-corrected chi connectivity index (χ0v) is 19.5. The van der Waals surface area contributed by atoms with Crippen molar-refractivity contribution in [3.63, 3.8) is 0 Å². The number of anilines is 1. The van der Waals surface area contributed by atoms with Crippen LogP contribution in [-0.4, -0.2) is 66.5 Å². The van der Waals surface area contributed by atoms with E-state index in [9.17, 15) is 15.0 Å². The first-order valence-electron chi connectivity index (χ1n) is 10.6. The molecular formula is C23H29Cl2N3O4. The van der Waals surface area contributed by atoms with E-state index in [2.05, 4.69) is 10.6 Å². The first-order valence-corrected chi connectivity index (χ1v) is 11.4. The Morgan fingerprint density at radius 3 is 2.41 bits per heavy atom. The lowest BCUT2D eigenvalue weighted by Crippen LogP contribution is -2.43. The number of nitrogens with one attached hydrogen (secondary N) is 2. The average Bonchev–Trinajstić information content (AvgIpc) is 2.79. The second kappa shape index (κ2) is 11.7. The van der Waals surface area contributed by atoms with Crippen molar-refractivity contribution >= 4 is 34.8 Å². The minimum Gasteiger partial charge on any atom is -0.508 e. The van der Waals surface area contributed by atoms with Crippen molar-refractivity contribution < 1.29 is 19.7 Å². The fourth-order valence-electron chi connectivity index (χ4n) is 3.54. The Labute approximate surface area is 198 Å². The Kier molecular flexibility index (Phi) is 9.02. The molecule has 2 atom stereocenters. The molecule has 1 amide bonds. The number of ether oxygens (including phenoxy) is 1. The number of rotatable bonds is 9. The van der Waals surface area contributed by atoms with Gasteiger partial charge in [0.05, 0.1) is 41.6 Å². The number of hydrogen-bond donors (Lipinski definition) is 4. The highest BCUT2D eigenvalue weighted by molar-refractivity contribution is 6.39. The summed E-state index contributed by atoms with van der Waals surface area (Å²) in [5.41, 5.74) is 2.22.